The van der Waals surface area contributed by atoms with Crippen LogP contribution in [0, 0.1) is 11.6 Å². The number of anilines is 1. The summed E-state index contributed by atoms with van der Waals surface area (Å²) in [5, 5.41) is 0. The first-order valence-electron chi connectivity index (χ1n) is 10.3. The Bertz CT molecular complexity index is 793. The molecule has 2 aromatic rings. The molecule has 2 saturated heterocycles. The molecule has 158 valence electrons. The maximum atomic E-state index is 14.6. The van der Waals surface area contributed by atoms with Crippen molar-refractivity contribution in [1.82, 2.24) is 9.80 Å². The molecule has 2 aromatic carbocycles. The Morgan fingerprint density at radius 2 is 1.55 bits per heavy atom. The van der Waals surface area contributed by atoms with Gasteiger partial charge in [0.2, 0.25) is 0 Å². The first-order chi connectivity index (χ1) is 13.6. The summed E-state index contributed by atoms with van der Waals surface area (Å²) < 4.78 is 27.7. The van der Waals surface area contributed by atoms with Crippen LogP contribution in [-0.4, -0.2) is 48.6 Å². The Morgan fingerprint density at radius 1 is 0.862 bits per heavy atom. The first kappa shape index (κ1) is 22.0. The van der Waals surface area contributed by atoms with Crippen LogP contribution >= 0.6 is 12.4 Å². The molecular weight excluding hydrogens is 392 g/mol. The molecule has 0 radical (unpaired) electrons. The fraction of sp³-hybridized carbons (Fsp3) is 0.478. The molecule has 6 heteroatoms. The minimum Gasteiger partial charge on any atom is -0.369 e. The molecule has 0 N–H and O–H groups in total. The van der Waals surface area contributed by atoms with Gasteiger partial charge in [0.15, 0.2) is 0 Å². The van der Waals surface area contributed by atoms with E-state index in [4.69, 9.17) is 0 Å². The second kappa shape index (κ2) is 9.88. The van der Waals surface area contributed by atoms with Crippen LogP contribution in [0.25, 0.3) is 0 Å². The quantitative estimate of drug-likeness (QED) is 0.693. The SMILES string of the molecule is C[C@@H]1CN(Cc2ccc(F)cc2)CCN1Cc1ccc(N2CCCC2)c(F)c1.Cl. The van der Waals surface area contributed by atoms with Crippen molar-refractivity contribution in [1.29, 1.82) is 0 Å². The number of hydrogen-bond acceptors (Lipinski definition) is 3. The first-order valence-corrected chi connectivity index (χ1v) is 10.3. The number of hydrogen-bond donors (Lipinski definition) is 0. The Hall–Kier alpha value is -1.69. The van der Waals surface area contributed by atoms with Gasteiger partial charge in [0, 0.05) is 51.9 Å². The van der Waals surface area contributed by atoms with Gasteiger partial charge < -0.3 is 4.90 Å². The maximum Gasteiger partial charge on any atom is 0.146 e. The molecule has 0 spiro atoms. The number of rotatable bonds is 5. The lowest BCUT2D eigenvalue weighted by molar-refractivity contribution is 0.0732. The van der Waals surface area contributed by atoms with Crippen molar-refractivity contribution in [3.05, 3.63) is 65.2 Å². The molecule has 2 aliphatic rings. The third kappa shape index (κ3) is 5.47. The van der Waals surface area contributed by atoms with Crippen molar-refractivity contribution in [2.45, 2.75) is 38.9 Å². The summed E-state index contributed by atoms with van der Waals surface area (Å²) in [6, 6.07) is 12.9. The largest absolute Gasteiger partial charge is 0.369 e. The third-order valence-electron chi connectivity index (χ3n) is 6.01. The van der Waals surface area contributed by atoms with Crippen LogP contribution in [0.3, 0.4) is 0 Å². The summed E-state index contributed by atoms with van der Waals surface area (Å²) in [6.07, 6.45) is 2.31. The lowest BCUT2D eigenvalue weighted by Gasteiger charge is -2.40. The zero-order chi connectivity index (χ0) is 19.5. The zero-order valence-corrected chi connectivity index (χ0v) is 17.8. The van der Waals surface area contributed by atoms with Crippen LogP contribution in [0.1, 0.15) is 30.9 Å². The molecular formula is C23H30ClF2N3. The van der Waals surface area contributed by atoms with Gasteiger partial charge in [-0.1, -0.05) is 18.2 Å². The van der Waals surface area contributed by atoms with E-state index < -0.39 is 0 Å². The molecule has 0 amide bonds. The average Bonchev–Trinajstić information content (AvgIpc) is 3.20. The van der Waals surface area contributed by atoms with E-state index in [1.54, 1.807) is 6.07 Å². The second-order valence-electron chi connectivity index (χ2n) is 8.16. The lowest BCUT2D eigenvalue weighted by Crippen LogP contribution is -2.50. The monoisotopic (exact) mass is 421 g/mol. The van der Waals surface area contributed by atoms with E-state index in [-0.39, 0.29) is 24.0 Å². The second-order valence-corrected chi connectivity index (χ2v) is 8.16. The minimum absolute atomic E-state index is 0. The predicted molar refractivity (Wildman–Crippen MR) is 117 cm³/mol. The highest BCUT2D eigenvalue weighted by atomic mass is 35.5. The Balaban J connectivity index is 0.00000240. The molecule has 1 atom stereocenters. The molecule has 2 fully saturated rings. The van der Waals surface area contributed by atoms with Crippen molar-refractivity contribution in [3.63, 3.8) is 0 Å². The highest BCUT2D eigenvalue weighted by Crippen LogP contribution is 2.25. The smallest absolute Gasteiger partial charge is 0.146 e. The maximum absolute atomic E-state index is 14.6. The minimum atomic E-state index is -0.190. The van der Waals surface area contributed by atoms with Crippen molar-refractivity contribution in [2.75, 3.05) is 37.6 Å². The van der Waals surface area contributed by atoms with Gasteiger partial charge in [-0.3, -0.25) is 9.80 Å². The molecule has 0 aromatic heterocycles. The Morgan fingerprint density at radius 3 is 2.21 bits per heavy atom. The van der Waals surface area contributed by atoms with Crippen LogP contribution in [0.4, 0.5) is 14.5 Å². The van der Waals surface area contributed by atoms with Gasteiger partial charge >= 0.3 is 0 Å². The van der Waals surface area contributed by atoms with Crippen molar-refractivity contribution in [3.8, 4) is 0 Å². The van der Waals surface area contributed by atoms with E-state index >= 15 is 0 Å². The molecule has 2 aliphatic heterocycles. The van der Waals surface area contributed by atoms with Gasteiger partial charge in [-0.2, -0.15) is 0 Å². The van der Waals surface area contributed by atoms with E-state index in [0.717, 1.165) is 75.5 Å². The molecule has 0 aliphatic carbocycles. The van der Waals surface area contributed by atoms with Crippen LogP contribution in [-0.2, 0) is 13.1 Å². The fourth-order valence-corrected chi connectivity index (χ4v) is 4.39. The topological polar surface area (TPSA) is 9.72 Å². The van der Waals surface area contributed by atoms with Gasteiger partial charge in [-0.25, -0.2) is 8.78 Å². The molecule has 29 heavy (non-hydrogen) atoms. The number of halogens is 3. The lowest BCUT2D eigenvalue weighted by atomic mass is 10.1. The highest BCUT2D eigenvalue weighted by Gasteiger charge is 2.24. The zero-order valence-electron chi connectivity index (χ0n) is 17.0. The predicted octanol–water partition coefficient (Wildman–Crippen LogP) is 4.69. The summed E-state index contributed by atoms with van der Waals surface area (Å²) in [5.74, 6) is -0.285. The van der Waals surface area contributed by atoms with Gasteiger partial charge in [-0.05, 0) is 55.2 Å². The third-order valence-corrected chi connectivity index (χ3v) is 6.01. The van der Waals surface area contributed by atoms with Gasteiger partial charge in [0.05, 0.1) is 5.69 Å². The summed E-state index contributed by atoms with van der Waals surface area (Å²) in [7, 11) is 0. The van der Waals surface area contributed by atoms with Crippen molar-refractivity contribution < 1.29 is 8.78 Å². The van der Waals surface area contributed by atoms with Gasteiger partial charge in [0.1, 0.15) is 11.6 Å². The molecule has 4 rings (SSSR count). The van der Waals surface area contributed by atoms with Crippen LogP contribution in [0.5, 0.6) is 0 Å². The number of piperazine rings is 1. The van der Waals surface area contributed by atoms with Gasteiger partial charge in [0.25, 0.3) is 0 Å². The van der Waals surface area contributed by atoms with E-state index in [1.807, 2.05) is 18.2 Å². The van der Waals surface area contributed by atoms with E-state index in [2.05, 4.69) is 27.7 Å². The van der Waals surface area contributed by atoms with E-state index in [0.29, 0.717) is 6.04 Å². The molecule has 3 nitrogen and oxygen atoms in total. The van der Waals surface area contributed by atoms with Gasteiger partial charge in [-0.15, -0.1) is 12.4 Å². The van der Waals surface area contributed by atoms with Crippen molar-refractivity contribution in [2.24, 2.45) is 0 Å². The molecule has 0 unspecified atom stereocenters. The summed E-state index contributed by atoms with van der Waals surface area (Å²) in [4.78, 5) is 6.98. The average molecular weight is 422 g/mol. The number of benzene rings is 2. The van der Waals surface area contributed by atoms with Crippen LogP contribution in [0.15, 0.2) is 42.5 Å². The van der Waals surface area contributed by atoms with E-state index in [9.17, 15) is 8.78 Å². The molecule has 2 heterocycles. The summed E-state index contributed by atoms with van der Waals surface area (Å²) in [6.45, 7) is 8.67. The number of nitrogens with zero attached hydrogens (tertiary/aromatic N) is 3. The van der Waals surface area contributed by atoms with Crippen LogP contribution in [0.2, 0.25) is 0 Å². The standard InChI is InChI=1S/C23H29F2N3.ClH/c1-18-15-26(16-19-4-7-21(24)8-5-19)12-13-28(18)17-20-6-9-23(22(25)14-20)27-10-2-3-11-27;/h4-9,14,18H,2-3,10-13,15-17H2,1H3;1H/t18-;/m1./s1. The normalized spacial score (nSPS) is 20.7. The molecule has 0 bridgehead atoms. The summed E-state index contributed by atoms with van der Waals surface area (Å²) in [5.41, 5.74) is 2.93. The molecule has 0 saturated carbocycles. The Kier molecular flexibility index (Phi) is 7.49. The summed E-state index contributed by atoms with van der Waals surface area (Å²) >= 11 is 0. The highest BCUT2D eigenvalue weighted by molar-refractivity contribution is 5.85. The fourth-order valence-electron chi connectivity index (χ4n) is 4.39. The van der Waals surface area contributed by atoms with Crippen LogP contribution < -0.4 is 4.90 Å². The van der Waals surface area contributed by atoms with Crippen molar-refractivity contribution >= 4 is 18.1 Å². The Labute approximate surface area is 178 Å². The van der Waals surface area contributed by atoms with E-state index in [1.165, 1.54) is 12.1 Å².